The van der Waals surface area contributed by atoms with E-state index in [-0.39, 0.29) is 5.91 Å². The topological polar surface area (TPSA) is 76.7 Å². The van der Waals surface area contributed by atoms with E-state index in [4.69, 9.17) is 14.2 Å². The second-order valence-electron chi connectivity index (χ2n) is 7.81. The number of piperidine rings is 1. The van der Waals surface area contributed by atoms with Gasteiger partial charge in [-0.05, 0) is 69.4 Å². The Kier molecular flexibility index (Phi) is 6.83. The van der Waals surface area contributed by atoms with Crippen LogP contribution >= 0.6 is 0 Å². The summed E-state index contributed by atoms with van der Waals surface area (Å²) in [7, 11) is 0. The molecule has 1 aliphatic heterocycles. The first-order valence-electron chi connectivity index (χ1n) is 11.4. The molecule has 0 saturated carbocycles. The van der Waals surface area contributed by atoms with Crippen LogP contribution in [0.2, 0.25) is 0 Å². The highest BCUT2D eigenvalue weighted by Crippen LogP contribution is 2.40. The molecule has 7 heteroatoms. The molecule has 1 amide bonds. The van der Waals surface area contributed by atoms with E-state index in [9.17, 15) is 4.79 Å². The first-order valence-corrected chi connectivity index (χ1v) is 11.4. The van der Waals surface area contributed by atoms with Crippen LogP contribution < -0.4 is 14.2 Å². The Morgan fingerprint density at radius 2 is 1.72 bits per heavy atom. The summed E-state index contributed by atoms with van der Waals surface area (Å²) in [5, 5.41) is 0. The van der Waals surface area contributed by atoms with Gasteiger partial charge in [-0.25, -0.2) is 0 Å². The molecule has 1 aliphatic rings. The molecule has 3 heterocycles. The van der Waals surface area contributed by atoms with Crippen molar-refractivity contribution in [2.75, 3.05) is 32.9 Å². The molecular weight excluding hydrogens is 406 g/mol. The number of rotatable bonds is 8. The molecule has 1 fully saturated rings. The maximum atomic E-state index is 13.3. The van der Waals surface area contributed by atoms with Gasteiger partial charge in [-0.2, -0.15) is 0 Å². The third kappa shape index (κ3) is 4.38. The van der Waals surface area contributed by atoms with Gasteiger partial charge in [0, 0.05) is 31.0 Å². The lowest BCUT2D eigenvalue weighted by Crippen LogP contribution is -2.38. The van der Waals surface area contributed by atoms with Gasteiger partial charge in [0.25, 0.3) is 5.91 Å². The number of amides is 1. The second kappa shape index (κ2) is 9.94. The van der Waals surface area contributed by atoms with Crippen LogP contribution in [-0.4, -0.2) is 53.7 Å². The quantitative estimate of drug-likeness (QED) is 0.549. The van der Waals surface area contributed by atoms with E-state index < -0.39 is 0 Å². The van der Waals surface area contributed by atoms with Crippen LogP contribution in [-0.2, 0) is 0 Å². The van der Waals surface area contributed by atoms with Crippen LogP contribution in [0.1, 0.15) is 55.5 Å². The molecule has 1 N–H and O–H groups in total. The van der Waals surface area contributed by atoms with Gasteiger partial charge >= 0.3 is 0 Å². The second-order valence-corrected chi connectivity index (χ2v) is 7.81. The van der Waals surface area contributed by atoms with Crippen LogP contribution in [0.15, 0.2) is 36.7 Å². The smallest absolute Gasteiger partial charge is 0.254 e. The first-order chi connectivity index (χ1) is 15.7. The van der Waals surface area contributed by atoms with Gasteiger partial charge < -0.3 is 24.1 Å². The van der Waals surface area contributed by atoms with Crippen molar-refractivity contribution in [2.45, 2.75) is 39.5 Å². The Morgan fingerprint density at radius 3 is 2.34 bits per heavy atom. The number of ether oxygens (including phenoxy) is 3. The maximum Gasteiger partial charge on any atom is 0.254 e. The molecule has 1 saturated heterocycles. The summed E-state index contributed by atoms with van der Waals surface area (Å²) in [5.41, 5.74) is 3.90. The van der Waals surface area contributed by atoms with Gasteiger partial charge in [-0.3, -0.25) is 9.78 Å². The van der Waals surface area contributed by atoms with E-state index in [0.29, 0.717) is 61.6 Å². The predicted molar refractivity (Wildman–Crippen MR) is 124 cm³/mol. The van der Waals surface area contributed by atoms with Crippen LogP contribution in [0.25, 0.3) is 11.0 Å². The summed E-state index contributed by atoms with van der Waals surface area (Å²) in [6, 6.07) is 7.53. The van der Waals surface area contributed by atoms with E-state index in [1.54, 1.807) is 12.1 Å². The summed E-state index contributed by atoms with van der Waals surface area (Å²) in [4.78, 5) is 23.1. The lowest BCUT2D eigenvalue weighted by Gasteiger charge is -2.32. The van der Waals surface area contributed by atoms with Crippen molar-refractivity contribution < 1.29 is 19.0 Å². The van der Waals surface area contributed by atoms with Gasteiger partial charge in [-0.15, -0.1) is 0 Å². The third-order valence-corrected chi connectivity index (χ3v) is 5.84. The highest BCUT2D eigenvalue weighted by molar-refractivity contribution is 5.95. The van der Waals surface area contributed by atoms with E-state index in [2.05, 4.69) is 16.2 Å². The number of benzene rings is 1. The van der Waals surface area contributed by atoms with Crippen LogP contribution in [0.4, 0.5) is 0 Å². The number of carbonyl (C=O) groups is 1. The monoisotopic (exact) mass is 437 g/mol. The minimum absolute atomic E-state index is 0.00884. The van der Waals surface area contributed by atoms with E-state index in [1.807, 2.05) is 44.0 Å². The third-order valence-electron chi connectivity index (χ3n) is 5.84. The van der Waals surface area contributed by atoms with Crippen molar-refractivity contribution in [1.82, 2.24) is 14.9 Å². The molecule has 0 aliphatic carbocycles. The zero-order valence-corrected chi connectivity index (χ0v) is 19.0. The average Bonchev–Trinajstić information content (AvgIpc) is 3.25. The van der Waals surface area contributed by atoms with Crippen LogP contribution in [0, 0.1) is 0 Å². The summed E-state index contributed by atoms with van der Waals surface area (Å²) >= 11 is 0. The zero-order valence-electron chi connectivity index (χ0n) is 19.0. The van der Waals surface area contributed by atoms with Gasteiger partial charge in [0.05, 0.1) is 30.9 Å². The molecule has 7 nitrogen and oxygen atoms in total. The van der Waals surface area contributed by atoms with Gasteiger partial charge in [0.15, 0.2) is 11.5 Å². The Balaban J connectivity index is 1.52. The molecular formula is C25H31N3O4. The maximum absolute atomic E-state index is 13.3. The number of likely N-dealkylation sites (tertiary alicyclic amines) is 1. The molecule has 0 atom stereocenters. The van der Waals surface area contributed by atoms with Crippen molar-refractivity contribution >= 4 is 16.9 Å². The number of nitrogens with zero attached hydrogens (tertiary/aromatic N) is 2. The minimum Gasteiger partial charge on any atom is -0.490 e. The normalized spacial score (nSPS) is 14.5. The number of aromatic amines is 1. The summed E-state index contributed by atoms with van der Waals surface area (Å²) in [6.07, 6.45) is 5.71. The standard InChI is InChI=1S/C25H31N3O4/c1-4-30-21-14-18(15-22(31-5-2)24(21)32-6-3)25(29)28-12-9-17(10-13-28)19-16-27-20-8-7-11-26-23(19)20/h7-8,11,14-17,27H,4-6,9-10,12-13H2,1-3H3. The molecule has 4 rings (SSSR count). The fourth-order valence-electron chi connectivity index (χ4n) is 4.38. The molecule has 170 valence electrons. The Hall–Kier alpha value is -3.22. The van der Waals surface area contributed by atoms with Crippen molar-refractivity contribution in [3.05, 3.63) is 47.8 Å². The van der Waals surface area contributed by atoms with Crippen molar-refractivity contribution in [2.24, 2.45) is 0 Å². The predicted octanol–water partition coefficient (Wildman–Crippen LogP) is 4.78. The number of hydrogen-bond donors (Lipinski definition) is 1. The highest BCUT2D eigenvalue weighted by atomic mass is 16.5. The SMILES string of the molecule is CCOc1cc(C(=O)N2CCC(c3c[nH]c4cccnc34)CC2)cc(OCC)c1OCC. The van der Waals surface area contributed by atoms with Gasteiger partial charge in [-0.1, -0.05) is 0 Å². The van der Waals surface area contributed by atoms with E-state index in [1.165, 1.54) is 5.56 Å². The molecule has 0 bridgehead atoms. The largest absolute Gasteiger partial charge is 0.490 e. The average molecular weight is 438 g/mol. The minimum atomic E-state index is -0.00884. The molecule has 0 spiro atoms. The molecule has 2 aromatic heterocycles. The van der Waals surface area contributed by atoms with Crippen LogP contribution in [0.5, 0.6) is 17.2 Å². The number of fused-ring (bicyclic) bond motifs is 1. The molecule has 3 aromatic rings. The lowest BCUT2D eigenvalue weighted by atomic mass is 9.90. The van der Waals surface area contributed by atoms with Crippen molar-refractivity contribution in [1.29, 1.82) is 0 Å². The van der Waals surface area contributed by atoms with Crippen molar-refractivity contribution in [3.8, 4) is 17.2 Å². The Labute approximate surface area is 188 Å². The van der Waals surface area contributed by atoms with Crippen LogP contribution in [0.3, 0.4) is 0 Å². The zero-order chi connectivity index (χ0) is 22.5. The number of carbonyl (C=O) groups excluding carboxylic acids is 1. The molecule has 32 heavy (non-hydrogen) atoms. The highest BCUT2D eigenvalue weighted by Gasteiger charge is 2.28. The Bertz CT molecular complexity index is 1040. The molecule has 0 unspecified atom stereocenters. The van der Waals surface area contributed by atoms with E-state index >= 15 is 0 Å². The fourth-order valence-corrected chi connectivity index (χ4v) is 4.38. The number of pyridine rings is 1. The number of hydrogen-bond acceptors (Lipinski definition) is 5. The Morgan fingerprint density at radius 1 is 1.06 bits per heavy atom. The molecule has 0 radical (unpaired) electrons. The summed E-state index contributed by atoms with van der Waals surface area (Å²) < 4.78 is 17.3. The molecule has 1 aromatic carbocycles. The van der Waals surface area contributed by atoms with Crippen molar-refractivity contribution in [3.63, 3.8) is 0 Å². The van der Waals surface area contributed by atoms with E-state index in [0.717, 1.165) is 23.9 Å². The fraction of sp³-hybridized carbons (Fsp3) is 0.440. The first kappa shape index (κ1) is 22.0. The van der Waals surface area contributed by atoms with Gasteiger partial charge in [0.1, 0.15) is 0 Å². The van der Waals surface area contributed by atoms with Gasteiger partial charge in [0.2, 0.25) is 5.75 Å². The summed E-state index contributed by atoms with van der Waals surface area (Å²) in [5.74, 6) is 2.02. The number of H-pyrrole nitrogens is 1. The number of aromatic nitrogens is 2. The summed E-state index contributed by atoms with van der Waals surface area (Å²) in [6.45, 7) is 8.58. The lowest BCUT2D eigenvalue weighted by molar-refractivity contribution is 0.0712. The number of nitrogens with one attached hydrogen (secondary N) is 1.